The number of rotatable bonds is 6. The van der Waals surface area contributed by atoms with Crippen LogP contribution < -0.4 is 10.6 Å². The maximum absolute atomic E-state index is 4.51. The second-order valence-electron chi connectivity index (χ2n) is 5.54. The predicted octanol–water partition coefficient (Wildman–Crippen LogP) is 4.95. The number of halogens is 1. The molecule has 0 aliphatic heterocycles. The van der Waals surface area contributed by atoms with E-state index in [1.165, 1.54) is 11.1 Å². The van der Waals surface area contributed by atoms with E-state index >= 15 is 0 Å². The molecular weight excluding hydrogens is 364 g/mol. The normalized spacial score (nSPS) is 10.4. The molecule has 5 heteroatoms. The fraction of sp³-hybridized carbons (Fsp3) is 0.158. The van der Waals surface area contributed by atoms with Crippen LogP contribution in [0.3, 0.4) is 0 Å². The van der Waals surface area contributed by atoms with E-state index in [1.54, 1.807) is 6.20 Å². The van der Waals surface area contributed by atoms with Gasteiger partial charge in [0.05, 0.1) is 5.69 Å². The van der Waals surface area contributed by atoms with Crippen molar-refractivity contribution in [3.63, 3.8) is 0 Å². The Kier molecular flexibility index (Phi) is 5.43. The van der Waals surface area contributed by atoms with Crippen molar-refractivity contribution in [3.05, 3.63) is 76.4 Å². The van der Waals surface area contributed by atoms with E-state index in [2.05, 4.69) is 79.9 Å². The van der Waals surface area contributed by atoms with Crippen LogP contribution in [0.2, 0.25) is 0 Å². The summed E-state index contributed by atoms with van der Waals surface area (Å²) in [5, 5.41) is 6.58. The molecule has 2 N–H and O–H groups in total. The number of aryl methyl sites for hydroxylation is 1. The minimum Gasteiger partial charge on any atom is -0.354 e. The first-order chi connectivity index (χ1) is 11.7. The summed E-state index contributed by atoms with van der Waals surface area (Å²) >= 11 is 3.57. The molecule has 0 bridgehead atoms. The molecule has 0 unspecified atom stereocenters. The molecule has 2 aromatic carbocycles. The Balaban J connectivity index is 1.61. The van der Waals surface area contributed by atoms with Crippen LogP contribution in [0, 0.1) is 6.92 Å². The molecule has 3 aromatic rings. The number of hydrogen-bond donors (Lipinski definition) is 2. The molecule has 122 valence electrons. The van der Waals surface area contributed by atoms with Crippen molar-refractivity contribution in [2.45, 2.75) is 13.3 Å². The van der Waals surface area contributed by atoms with Gasteiger partial charge < -0.3 is 10.6 Å². The first-order valence-electron chi connectivity index (χ1n) is 7.85. The van der Waals surface area contributed by atoms with Crippen molar-refractivity contribution >= 4 is 33.4 Å². The van der Waals surface area contributed by atoms with Gasteiger partial charge in [-0.05, 0) is 58.6 Å². The van der Waals surface area contributed by atoms with Gasteiger partial charge in [0.1, 0.15) is 5.82 Å². The van der Waals surface area contributed by atoms with E-state index in [4.69, 9.17) is 0 Å². The lowest BCUT2D eigenvalue weighted by Gasteiger charge is -2.10. The number of nitrogens with one attached hydrogen (secondary N) is 2. The molecular formula is C19H19BrN4. The summed E-state index contributed by atoms with van der Waals surface area (Å²) in [5.41, 5.74) is 3.48. The van der Waals surface area contributed by atoms with Gasteiger partial charge in [-0.15, -0.1) is 0 Å². The molecule has 24 heavy (non-hydrogen) atoms. The second kappa shape index (κ2) is 7.93. The van der Waals surface area contributed by atoms with Gasteiger partial charge in [-0.1, -0.05) is 36.4 Å². The van der Waals surface area contributed by atoms with Crippen LogP contribution in [0.1, 0.15) is 11.1 Å². The monoisotopic (exact) mass is 382 g/mol. The molecule has 0 amide bonds. The van der Waals surface area contributed by atoms with Crippen LogP contribution in [-0.4, -0.2) is 16.5 Å². The Bertz CT molecular complexity index is 805. The summed E-state index contributed by atoms with van der Waals surface area (Å²) < 4.78 is 1.01. The van der Waals surface area contributed by atoms with Crippen LogP contribution in [0.4, 0.5) is 17.5 Å². The van der Waals surface area contributed by atoms with Crippen LogP contribution in [0.5, 0.6) is 0 Å². The van der Waals surface area contributed by atoms with E-state index in [9.17, 15) is 0 Å². The Morgan fingerprint density at radius 3 is 2.67 bits per heavy atom. The Morgan fingerprint density at radius 2 is 1.88 bits per heavy atom. The lowest BCUT2D eigenvalue weighted by atomic mass is 10.1. The average Bonchev–Trinajstić information content (AvgIpc) is 2.59. The Labute approximate surface area is 150 Å². The molecule has 0 fully saturated rings. The molecule has 3 rings (SSSR count). The van der Waals surface area contributed by atoms with E-state index in [0.717, 1.165) is 28.9 Å². The quantitative estimate of drug-likeness (QED) is 0.633. The highest BCUT2D eigenvalue weighted by Crippen LogP contribution is 2.26. The zero-order chi connectivity index (χ0) is 16.8. The lowest BCUT2D eigenvalue weighted by molar-refractivity contribution is 0.985. The molecule has 0 atom stereocenters. The van der Waals surface area contributed by atoms with E-state index in [0.29, 0.717) is 5.95 Å². The largest absolute Gasteiger partial charge is 0.354 e. The van der Waals surface area contributed by atoms with Crippen LogP contribution >= 0.6 is 15.9 Å². The van der Waals surface area contributed by atoms with Gasteiger partial charge in [0, 0.05) is 17.2 Å². The zero-order valence-corrected chi connectivity index (χ0v) is 15.0. The summed E-state index contributed by atoms with van der Waals surface area (Å²) in [4.78, 5) is 8.78. The fourth-order valence-electron chi connectivity index (χ4n) is 2.34. The lowest BCUT2D eigenvalue weighted by Crippen LogP contribution is -2.08. The minimum atomic E-state index is 0.624. The molecule has 0 saturated carbocycles. The maximum Gasteiger partial charge on any atom is 0.224 e. The number of hydrogen-bond acceptors (Lipinski definition) is 4. The predicted molar refractivity (Wildman–Crippen MR) is 103 cm³/mol. The van der Waals surface area contributed by atoms with Crippen LogP contribution in [-0.2, 0) is 6.42 Å². The van der Waals surface area contributed by atoms with Crippen LogP contribution in [0.25, 0.3) is 0 Å². The van der Waals surface area contributed by atoms with E-state index in [1.807, 2.05) is 18.2 Å². The van der Waals surface area contributed by atoms with Gasteiger partial charge in [0.15, 0.2) is 0 Å². The molecule has 0 spiro atoms. The summed E-state index contributed by atoms with van der Waals surface area (Å²) in [6.07, 6.45) is 2.69. The van der Waals surface area contributed by atoms with Crippen LogP contribution in [0.15, 0.2) is 65.3 Å². The summed E-state index contributed by atoms with van der Waals surface area (Å²) in [6.45, 7) is 2.86. The van der Waals surface area contributed by atoms with Crippen molar-refractivity contribution in [1.29, 1.82) is 0 Å². The third kappa shape index (κ3) is 4.55. The first-order valence-corrected chi connectivity index (χ1v) is 8.64. The van der Waals surface area contributed by atoms with Gasteiger partial charge in [0.25, 0.3) is 0 Å². The standard InChI is InChI=1S/C19H19BrN4/c1-14-7-8-17(16(20)13-14)23-18-10-12-22-19(24-18)21-11-9-15-5-3-2-4-6-15/h2-8,10,12-13H,9,11H2,1H3,(H2,21,22,23,24). The number of benzene rings is 2. The number of anilines is 3. The Hall–Kier alpha value is -2.40. The fourth-order valence-corrected chi connectivity index (χ4v) is 2.93. The Morgan fingerprint density at radius 1 is 1.04 bits per heavy atom. The summed E-state index contributed by atoms with van der Waals surface area (Å²) in [5.74, 6) is 1.39. The summed E-state index contributed by atoms with van der Waals surface area (Å²) in [7, 11) is 0. The SMILES string of the molecule is Cc1ccc(Nc2ccnc(NCCc3ccccc3)n2)c(Br)c1. The van der Waals surface area contributed by atoms with Gasteiger partial charge in [0.2, 0.25) is 5.95 Å². The second-order valence-corrected chi connectivity index (χ2v) is 6.39. The zero-order valence-electron chi connectivity index (χ0n) is 13.5. The van der Waals surface area contributed by atoms with Crippen molar-refractivity contribution in [2.24, 2.45) is 0 Å². The molecule has 1 aromatic heterocycles. The van der Waals surface area contributed by atoms with E-state index in [-0.39, 0.29) is 0 Å². The van der Waals surface area contributed by atoms with Crippen molar-refractivity contribution in [1.82, 2.24) is 9.97 Å². The number of aromatic nitrogens is 2. The van der Waals surface area contributed by atoms with Gasteiger partial charge in [-0.3, -0.25) is 0 Å². The number of nitrogens with zero attached hydrogens (tertiary/aromatic N) is 2. The third-order valence-electron chi connectivity index (χ3n) is 3.58. The third-order valence-corrected chi connectivity index (χ3v) is 4.24. The average molecular weight is 383 g/mol. The van der Waals surface area contributed by atoms with Crippen molar-refractivity contribution in [2.75, 3.05) is 17.2 Å². The topological polar surface area (TPSA) is 49.8 Å². The molecule has 1 heterocycles. The van der Waals surface area contributed by atoms with Crippen molar-refractivity contribution in [3.8, 4) is 0 Å². The maximum atomic E-state index is 4.51. The van der Waals surface area contributed by atoms with Gasteiger partial charge >= 0.3 is 0 Å². The molecule has 0 aliphatic carbocycles. The minimum absolute atomic E-state index is 0.624. The highest BCUT2D eigenvalue weighted by Gasteiger charge is 2.03. The van der Waals surface area contributed by atoms with Gasteiger partial charge in [-0.25, -0.2) is 4.98 Å². The smallest absolute Gasteiger partial charge is 0.224 e. The highest BCUT2D eigenvalue weighted by molar-refractivity contribution is 9.10. The molecule has 0 radical (unpaired) electrons. The highest BCUT2D eigenvalue weighted by atomic mass is 79.9. The van der Waals surface area contributed by atoms with Crippen molar-refractivity contribution < 1.29 is 0 Å². The van der Waals surface area contributed by atoms with Gasteiger partial charge in [-0.2, -0.15) is 4.98 Å². The molecule has 4 nitrogen and oxygen atoms in total. The first kappa shape index (κ1) is 16.5. The van der Waals surface area contributed by atoms with E-state index < -0.39 is 0 Å². The summed E-state index contributed by atoms with van der Waals surface area (Å²) in [6, 6.07) is 18.4. The molecule has 0 aliphatic rings. The molecule has 0 saturated heterocycles.